The van der Waals surface area contributed by atoms with Gasteiger partial charge in [0.25, 0.3) is 0 Å². The maximum atomic E-state index is 12.7. The Morgan fingerprint density at radius 1 is 1.03 bits per heavy atom. The number of sulfonamides is 1. The van der Waals surface area contributed by atoms with E-state index < -0.39 is 10.0 Å². The number of carbonyl (C=O) groups is 1. The summed E-state index contributed by atoms with van der Waals surface area (Å²) in [6, 6.07) is 12.4. The van der Waals surface area contributed by atoms with Gasteiger partial charge in [-0.05, 0) is 68.1 Å². The van der Waals surface area contributed by atoms with Gasteiger partial charge < -0.3 is 9.73 Å². The lowest BCUT2D eigenvalue weighted by Gasteiger charge is -2.25. The number of rotatable bonds is 7. The molecule has 2 heterocycles. The van der Waals surface area contributed by atoms with Gasteiger partial charge in [-0.15, -0.1) is 0 Å². The molecule has 0 bridgehead atoms. The molecule has 1 saturated heterocycles. The van der Waals surface area contributed by atoms with Crippen molar-refractivity contribution in [3.8, 4) is 11.3 Å². The fourth-order valence-corrected chi connectivity index (χ4v) is 5.38. The molecule has 1 aliphatic heterocycles. The van der Waals surface area contributed by atoms with Crippen LogP contribution in [0.3, 0.4) is 0 Å². The van der Waals surface area contributed by atoms with Gasteiger partial charge in [0.05, 0.1) is 11.1 Å². The minimum absolute atomic E-state index is 0.187. The summed E-state index contributed by atoms with van der Waals surface area (Å²) in [5.41, 5.74) is 3.91. The van der Waals surface area contributed by atoms with Crippen molar-refractivity contribution in [3.63, 3.8) is 0 Å². The lowest BCUT2D eigenvalue weighted by molar-refractivity contribution is -0.116. The van der Waals surface area contributed by atoms with Gasteiger partial charge in [0.2, 0.25) is 15.9 Å². The lowest BCUT2D eigenvalue weighted by atomic mass is 10.1. The number of piperidine rings is 1. The Bertz CT molecular complexity index is 1230. The number of hydrogen-bond donors (Lipinski definition) is 1. The molecule has 1 aliphatic rings. The van der Waals surface area contributed by atoms with E-state index in [1.807, 2.05) is 12.1 Å². The molecule has 0 atom stereocenters. The van der Waals surface area contributed by atoms with Crippen LogP contribution >= 0.6 is 0 Å². The summed E-state index contributed by atoms with van der Waals surface area (Å²) in [6.07, 6.45) is 5.11. The average Bonchev–Trinajstić information content (AvgIpc) is 3.30. The molecule has 7 nitrogen and oxygen atoms in total. The highest BCUT2D eigenvalue weighted by Gasteiger charge is 2.25. The molecule has 8 heteroatoms. The van der Waals surface area contributed by atoms with Crippen molar-refractivity contribution < 1.29 is 17.6 Å². The van der Waals surface area contributed by atoms with Gasteiger partial charge in [0, 0.05) is 37.2 Å². The third kappa shape index (κ3) is 5.51. The molecule has 1 N–H and O–H groups in total. The second kappa shape index (κ2) is 9.89. The molecule has 0 spiro atoms. The summed E-state index contributed by atoms with van der Waals surface area (Å²) < 4.78 is 32.8. The van der Waals surface area contributed by atoms with Crippen molar-refractivity contribution in [2.45, 2.75) is 50.8 Å². The fraction of sp³-hybridized carbons (Fsp3) is 0.360. The zero-order chi connectivity index (χ0) is 23.4. The van der Waals surface area contributed by atoms with E-state index in [1.165, 1.54) is 15.4 Å². The Labute approximate surface area is 194 Å². The number of amides is 1. The Balaban J connectivity index is 1.32. The summed E-state index contributed by atoms with van der Waals surface area (Å²) >= 11 is 0. The number of benzene rings is 2. The van der Waals surface area contributed by atoms with E-state index in [-0.39, 0.29) is 17.2 Å². The van der Waals surface area contributed by atoms with Crippen molar-refractivity contribution >= 4 is 21.6 Å². The molecule has 0 radical (unpaired) electrons. The summed E-state index contributed by atoms with van der Waals surface area (Å²) in [6.45, 7) is 5.24. The zero-order valence-corrected chi connectivity index (χ0v) is 19.8. The minimum Gasteiger partial charge on any atom is -0.441 e. The van der Waals surface area contributed by atoms with E-state index in [0.29, 0.717) is 36.8 Å². The minimum atomic E-state index is -3.48. The van der Waals surface area contributed by atoms with Crippen molar-refractivity contribution in [2.24, 2.45) is 0 Å². The third-order valence-corrected chi connectivity index (χ3v) is 7.91. The molecule has 4 rings (SSSR count). The van der Waals surface area contributed by atoms with Gasteiger partial charge in [-0.1, -0.05) is 18.6 Å². The van der Waals surface area contributed by atoms with Gasteiger partial charge in [-0.25, -0.2) is 13.4 Å². The van der Waals surface area contributed by atoms with Gasteiger partial charge in [-0.2, -0.15) is 4.31 Å². The first-order valence-corrected chi connectivity index (χ1v) is 12.7. The normalized spacial score (nSPS) is 14.8. The predicted molar refractivity (Wildman–Crippen MR) is 127 cm³/mol. The summed E-state index contributed by atoms with van der Waals surface area (Å²) in [4.78, 5) is 16.9. The van der Waals surface area contributed by atoms with Crippen LogP contribution in [0.15, 0.2) is 58.0 Å². The van der Waals surface area contributed by atoms with Crippen LogP contribution in [0.25, 0.3) is 11.3 Å². The Morgan fingerprint density at radius 2 is 1.76 bits per heavy atom. The zero-order valence-electron chi connectivity index (χ0n) is 19.0. The van der Waals surface area contributed by atoms with E-state index in [0.717, 1.165) is 24.8 Å². The molecule has 33 heavy (non-hydrogen) atoms. The van der Waals surface area contributed by atoms with E-state index in [2.05, 4.69) is 30.2 Å². The van der Waals surface area contributed by atoms with Crippen LogP contribution in [-0.2, 0) is 21.2 Å². The first-order valence-electron chi connectivity index (χ1n) is 11.3. The molecule has 174 valence electrons. The number of nitrogens with one attached hydrogen (secondary N) is 1. The SMILES string of the molecule is Cc1ccc(-c2cnc(CCC(=O)Nc3ccc(S(=O)(=O)N4CCCCC4)cc3)o2)cc1C. The first-order chi connectivity index (χ1) is 15.8. The summed E-state index contributed by atoms with van der Waals surface area (Å²) in [5, 5.41) is 2.81. The van der Waals surface area contributed by atoms with Gasteiger partial charge >= 0.3 is 0 Å². The van der Waals surface area contributed by atoms with Gasteiger partial charge in [-0.3, -0.25) is 4.79 Å². The first kappa shape index (κ1) is 23.2. The number of oxazole rings is 1. The van der Waals surface area contributed by atoms with Crippen molar-refractivity contribution in [1.82, 2.24) is 9.29 Å². The van der Waals surface area contributed by atoms with Gasteiger partial charge in [0.15, 0.2) is 11.7 Å². The summed E-state index contributed by atoms with van der Waals surface area (Å²) in [7, 11) is -3.48. The molecule has 0 saturated carbocycles. The molecule has 0 unspecified atom stereocenters. The smallest absolute Gasteiger partial charge is 0.243 e. The number of anilines is 1. The van der Waals surface area contributed by atoms with Crippen molar-refractivity contribution in [3.05, 3.63) is 65.7 Å². The monoisotopic (exact) mass is 467 g/mol. The van der Waals surface area contributed by atoms with Crippen LogP contribution in [0.2, 0.25) is 0 Å². The second-order valence-corrected chi connectivity index (χ2v) is 10.4. The maximum Gasteiger partial charge on any atom is 0.243 e. The number of aromatic nitrogens is 1. The Kier molecular flexibility index (Phi) is 6.95. The summed E-state index contributed by atoms with van der Waals surface area (Å²) in [5.74, 6) is 0.993. The van der Waals surface area contributed by atoms with Crippen LogP contribution in [0.1, 0.15) is 42.7 Å². The molecule has 1 fully saturated rings. The van der Waals surface area contributed by atoms with Crippen molar-refractivity contribution in [2.75, 3.05) is 18.4 Å². The number of carbonyl (C=O) groups excluding carboxylic acids is 1. The quantitative estimate of drug-likeness (QED) is 0.543. The molecular weight excluding hydrogens is 438 g/mol. The van der Waals surface area contributed by atoms with E-state index in [9.17, 15) is 13.2 Å². The lowest BCUT2D eigenvalue weighted by Crippen LogP contribution is -2.35. The highest BCUT2D eigenvalue weighted by molar-refractivity contribution is 7.89. The maximum absolute atomic E-state index is 12.7. The standard InChI is InChI=1S/C25H29N3O4S/c1-18-6-7-20(16-19(18)2)23-17-26-25(32-23)13-12-24(29)27-21-8-10-22(11-9-21)33(30,31)28-14-4-3-5-15-28/h6-11,16-17H,3-5,12-15H2,1-2H3,(H,27,29). The fourth-order valence-electron chi connectivity index (χ4n) is 3.86. The molecular formula is C25H29N3O4S. The van der Waals surface area contributed by atoms with E-state index in [4.69, 9.17) is 4.42 Å². The number of aryl methyl sites for hydroxylation is 3. The third-order valence-electron chi connectivity index (χ3n) is 6.00. The van der Waals surface area contributed by atoms with E-state index in [1.54, 1.807) is 30.5 Å². The molecule has 1 aromatic heterocycles. The predicted octanol–water partition coefficient (Wildman–Crippen LogP) is 4.70. The molecule has 3 aromatic rings. The van der Waals surface area contributed by atoms with Crippen LogP contribution in [0.4, 0.5) is 5.69 Å². The molecule has 2 aromatic carbocycles. The van der Waals surface area contributed by atoms with Gasteiger partial charge in [0.1, 0.15) is 0 Å². The highest BCUT2D eigenvalue weighted by Crippen LogP contribution is 2.24. The number of nitrogens with zero attached hydrogens (tertiary/aromatic N) is 2. The highest BCUT2D eigenvalue weighted by atomic mass is 32.2. The molecule has 1 amide bonds. The van der Waals surface area contributed by atoms with Crippen LogP contribution in [0, 0.1) is 13.8 Å². The molecule has 0 aliphatic carbocycles. The van der Waals surface area contributed by atoms with Crippen molar-refractivity contribution in [1.29, 1.82) is 0 Å². The average molecular weight is 468 g/mol. The second-order valence-electron chi connectivity index (χ2n) is 8.45. The number of hydrogen-bond acceptors (Lipinski definition) is 5. The Morgan fingerprint density at radius 3 is 2.45 bits per heavy atom. The topological polar surface area (TPSA) is 92.5 Å². The van der Waals surface area contributed by atoms with Crippen LogP contribution in [-0.4, -0.2) is 36.7 Å². The van der Waals surface area contributed by atoms with Crippen LogP contribution < -0.4 is 5.32 Å². The van der Waals surface area contributed by atoms with Crippen LogP contribution in [0.5, 0.6) is 0 Å². The largest absolute Gasteiger partial charge is 0.441 e. The Hall–Kier alpha value is -2.97. The van der Waals surface area contributed by atoms with E-state index >= 15 is 0 Å².